The minimum atomic E-state index is 0.219. The fourth-order valence-corrected chi connectivity index (χ4v) is 1.45. The van der Waals surface area contributed by atoms with Gasteiger partial charge in [-0.05, 0) is 18.9 Å². The van der Waals surface area contributed by atoms with E-state index in [1.165, 1.54) is 5.69 Å². The number of rotatable bonds is 0. The zero-order chi connectivity index (χ0) is 6.97. The number of aryl methyl sites for hydroxylation is 1. The Balaban J connectivity index is 2.41. The van der Waals surface area contributed by atoms with Crippen LogP contribution in [0.2, 0.25) is 0 Å². The predicted molar refractivity (Wildman–Crippen MR) is 38.4 cm³/mol. The molecule has 0 bridgehead atoms. The standard InChI is InChI=1S/C7H11N3/c8-6-2-1-5-10-7(6)3-4-9-10/h3-4,6H,1-2,5,8H2. The van der Waals surface area contributed by atoms with E-state index in [1.807, 2.05) is 16.9 Å². The largest absolute Gasteiger partial charge is 0.323 e. The second kappa shape index (κ2) is 2.09. The molecule has 0 saturated heterocycles. The van der Waals surface area contributed by atoms with Crippen LogP contribution in [0.15, 0.2) is 12.3 Å². The van der Waals surface area contributed by atoms with E-state index in [9.17, 15) is 0 Å². The van der Waals surface area contributed by atoms with Crippen molar-refractivity contribution in [1.29, 1.82) is 0 Å². The highest BCUT2D eigenvalue weighted by atomic mass is 15.3. The average Bonchev–Trinajstić information content (AvgIpc) is 2.36. The van der Waals surface area contributed by atoms with E-state index in [0.29, 0.717) is 0 Å². The second-order valence-corrected chi connectivity index (χ2v) is 2.73. The molecule has 0 aromatic carbocycles. The quantitative estimate of drug-likeness (QED) is 0.571. The SMILES string of the molecule is NC1CCCn2nccc21. The first-order chi connectivity index (χ1) is 4.88. The third-order valence-corrected chi connectivity index (χ3v) is 2.01. The Hall–Kier alpha value is -0.830. The van der Waals surface area contributed by atoms with Crippen molar-refractivity contribution in [3.63, 3.8) is 0 Å². The zero-order valence-corrected chi connectivity index (χ0v) is 5.83. The Morgan fingerprint density at radius 1 is 1.70 bits per heavy atom. The lowest BCUT2D eigenvalue weighted by molar-refractivity contribution is 0.430. The normalized spacial score (nSPS) is 24.3. The van der Waals surface area contributed by atoms with Gasteiger partial charge in [0.1, 0.15) is 0 Å². The Bertz CT molecular complexity index is 229. The van der Waals surface area contributed by atoms with Gasteiger partial charge in [0.05, 0.1) is 5.69 Å². The van der Waals surface area contributed by atoms with Crippen LogP contribution < -0.4 is 5.73 Å². The van der Waals surface area contributed by atoms with Gasteiger partial charge in [-0.3, -0.25) is 4.68 Å². The molecule has 0 radical (unpaired) electrons. The number of hydrogen-bond donors (Lipinski definition) is 1. The summed E-state index contributed by atoms with van der Waals surface area (Å²) >= 11 is 0. The van der Waals surface area contributed by atoms with Crippen LogP contribution in [0.1, 0.15) is 24.6 Å². The Morgan fingerprint density at radius 2 is 2.60 bits per heavy atom. The summed E-state index contributed by atoms with van der Waals surface area (Å²) in [5, 5.41) is 4.14. The van der Waals surface area contributed by atoms with Gasteiger partial charge in [-0.15, -0.1) is 0 Å². The predicted octanol–water partition coefficient (Wildman–Crippen LogP) is 0.677. The number of nitrogens with zero attached hydrogens (tertiary/aromatic N) is 2. The van der Waals surface area contributed by atoms with Crippen LogP contribution in [-0.4, -0.2) is 9.78 Å². The molecule has 2 rings (SSSR count). The van der Waals surface area contributed by atoms with Crippen molar-refractivity contribution in [2.24, 2.45) is 5.73 Å². The summed E-state index contributed by atoms with van der Waals surface area (Å²) in [6, 6.07) is 2.22. The van der Waals surface area contributed by atoms with Gasteiger partial charge in [-0.1, -0.05) is 0 Å². The third kappa shape index (κ3) is 0.743. The molecule has 1 aromatic rings. The number of aromatic nitrogens is 2. The first-order valence-corrected chi connectivity index (χ1v) is 3.65. The van der Waals surface area contributed by atoms with E-state index in [-0.39, 0.29) is 6.04 Å². The zero-order valence-electron chi connectivity index (χ0n) is 5.83. The van der Waals surface area contributed by atoms with E-state index >= 15 is 0 Å². The van der Waals surface area contributed by atoms with Gasteiger partial charge in [-0.2, -0.15) is 5.10 Å². The van der Waals surface area contributed by atoms with Gasteiger partial charge in [0.2, 0.25) is 0 Å². The molecule has 1 atom stereocenters. The first-order valence-electron chi connectivity index (χ1n) is 3.65. The summed E-state index contributed by atoms with van der Waals surface area (Å²) in [5.74, 6) is 0. The summed E-state index contributed by atoms with van der Waals surface area (Å²) in [6.45, 7) is 1.04. The van der Waals surface area contributed by atoms with Gasteiger partial charge in [0, 0.05) is 18.8 Å². The molecule has 2 heterocycles. The summed E-state index contributed by atoms with van der Waals surface area (Å²) < 4.78 is 1.99. The Morgan fingerprint density at radius 3 is 3.40 bits per heavy atom. The molecular formula is C7H11N3. The van der Waals surface area contributed by atoms with Crippen LogP contribution >= 0.6 is 0 Å². The van der Waals surface area contributed by atoms with Gasteiger partial charge in [-0.25, -0.2) is 0 Å². The molecule has 2 N–H and O–H groups in total. The molecule has 10 heavy (non-hydrogen) atoms. The van der Waals surface area contributed by atoms with Crippen LogP contribution in [0.5, 0.6) is 0 Å². The third-order valence-electron chi connectivity index (χ3n) is 2.01. The van der Waals surface area contributed by atoms with Crippen molar-refractivity contribution in [2.75, 3.05) is 0 Å². The maximum Gasteiger partial charge on any atom is 0.0551 e. The maximum absolute atomic E-state index is 5.83. The van der Waals surface area contributed by atoms with E-state index in [4.69, 9.17) is 5.73 Å². The van der Waals surface area contributed by atoms with Gasteiger partial charge in [0.25, 0.3) is 0 Å². The molecule has 54 valence electrons. The van der Waals surface area contributed by atoms with Crippen LogP contribution in [0.3, 0.4) is 0 Å². The number of nitrogens with two attached hydrogens (primary N) is 1. The summed E-state index contributed by atoms with van der Waals surface area (Å²) in [5.41, 5.74) is 7.02. The lowest BCUT2D eigenvalue weighted by atomic mass is 10.1. The van der Waals surface area contributed by atoms with Crippen molar-refractivity contribution in [3.05, 3.63) is 18.0 Å². The minimum absolute atomic E-state index is 0.219. The lowest BCUT2D eigenvalue weighted by Crippen LogP contribution is -2.21. The van der Waals surface area contributed by atoms with Crippen LogP contribution in [-0.2, 0) is 6.54 Å². The van der Waals surface area contributed by atoms with Crippen molar-refractivity contribution in [2.45, 2.75) is 25.4 Å². The Labute approximate surface area is 59.8 Å². The van der Waals surface area contributed by atoms with Crippen molar-refractivity contribution >= 4 is 0 Å². The topological polar surface area (TPSA) is 43.8 Å². The van der Waals surface area contributed by atoms with Crippen LogP contribution in [0, 0.1) is 0 Å². The van der Waals surface area contributed by atoms with Crippen molar-refractivity contribution in [1.82, 2.24) is 9.78 Å². The maximum atomic E-state index is 5.83. The summed E-state index contributed by atoms with van der Waals surface area (Å²) in [4.78, 5) is 0. The van der Waals surface area contributed by atoms with E-state index in [0.717, 1.165) is 19.4 Å². The highest BCUT2D eigenvalue weighted by molar-refractivity contribution is 5.07. The molecule has 3 heteroatoms. The molecule has 0 spiro atoms. The van der Waals surface area contributed by atoms with Crippen LogP contribution in [0.25, 0.3) is 0 Å². The fourth-order valence-electron chi connectivity index (χ4n) is 1.45. The molecule has 0 aliphatic carbocycles. The molecule has 1 unspecified atom stereocenters. The minimum Gasteiger partial charge on any atom is -0.323 e. The second-order valence-electron chi connectivity index (χ2n) is 2.73. The summed E-state index contributed by atoms with van der Waals surface area (Å²) in [7, 11) is 0. The highest BCUT2D eigenvalue weighted by Gasteiger charge is 2.15. The molecule has 1 aromatic heterocycles. The number of fused-ring (bicyclic) bond motifs is 1. The van der Waals surface area contributed by atoms with Crippen molar-refractivity contribution in [3.8, 4) is 0 Å². The van der Waals surface area contributed by atoms with E-state index < -0.39 is 0 Å². The first kappa shape index (κ1) is 5.92. The smallest absolute Gasteiger partial charge is 0.0551 e. The monoisotopic (exact) mass is 137 g/mol. The summed E-state index contributed by atoms with van der Waals surface area (Å²) in [6.07, 6.45) is 4.09. The molecule has 0 saturated carbocycles. The fraction of sp³-hybridized carbons (Fsp3) is 0.571. The Kier molecular flexibility index (Phi) is 1.24. The van der Waals surface area contributed by atoms with Crippen molar-refractivity contribution < 1.29 is 0 Å². The van der Waals surface area contributed by atoms with Gasteiger partial charge < -0.3 is 5.73 Å². The van der Waals surface area contributed by atoms with Gasteiger partial charge in [0.15, 0.2) is 0 Å². The van der Waals surface area contributed by atoms with Crippen LogP contribution in [0.4, 0.5) is 0 Å². The molecule has 1 aliphatic heterocycles. The van der Waals surface area contributed by atoms with Gasteiger partial charge >= 0.3 is 0 Å². The molecule has 1 aliphatic rings. The molecular weight excluding hydrogens is 126 g/mol. The molecule has 0 amide bonds. The lowest BCUT2D eigenvalue weighted by Gasteiger charge is -2.19. The van der Waals surface area contributed by atoms with E-state index in [1.54, 1.807) is 0 Å². The molecule has 0 fully saturated rings. The molecule has 3 nitrogen and oxygen atoms in total. The highest BCUT2D eigenvalue weighted by Crippen LogP contribution is 2.20. The number of hydrogen-bond acceptors (Lipinski definition) is 2. The van der Waals surface area contributed by atoms with E-state index in [2.05, 4.69) is 5.10 Å². The average molecular weight is 137 g/mol.